The molecule has 104 valence electrons. The van der Waals surface area contributed by atoms with Crippen LogP contribution in [0.2, 0.25) is 0 Å². The van der Waals surface area contributed by atoms with Crippen molar-refractivity contribution in [1.29, 1.82) is 0 Å². The number of aryl methyl sites for hydroxylation is 1. The molecule has 1 saturated heterocycles. The van der Waals surface area contributed by atoms with Gasteiger partial charge in [0, 0.05) is 31.4 Å². The van der Waals surface area contributed by atoms with Crippen molar-refractivity contribution in [3.8, 4) is 0 Å². The van der Waals surface area contributed by atoms with Gasteiger partial charge < -0.3 is 10.2 Å². The predicted molar refractivity (Wildman–Crippen MR) is 74.3 cm³/mol. The van der Waals surface area contributed by atoms with Crippen molar-refractivity contribution in [2.24, 2.45) is 0 Å². The van der Waals surface area contributed by atoms with Crippen LogP contribution in [0.5, 0.6) is 0 Å². The van der Waals surface area contributed by atoms with Gasteiger partial charge in [0.2, 0.25) is 5.91 Å². The van der Waals surface area contributed by atoms with Crippen molar-refractivity contribution in [1.82, 2.24) is 15.2 Å². The van der Waals surface area contributed by atoms with Crippen molar-refractivity contribution in [3.05, 3.63) is 11.1 Å². The maximum atomic E-state index is 11.8. The number of urea groups is 1. The quantitative estimate of drug-likeness (QED) is 0.881. The lowest BCUT2D eigenvalue weighted by Crippen LogP contribution is -2.49. The summed E-state index contributed by atoms with van der Waals surface area (Å²) in [6.45, 7) is 2.58. The van der Waals surface area contributed by atoms with Crippen molar-refractivity contribution in [2.45, 2.75) is 32.2 Å². The Morgan fingerprint density at radius 2 is 2.42 bits per heavy atom. The molecule has 0 saturated carbocycles. The number of anilines is 1. The van der Waals surface area contributed by atoms with E-state index >= 15 is 0 Å². The van der Waals surface area contributed by atoms with E-state index in [-0.39, 0.29) is 18.0 Å². The second-order valence-electron chi connectivity index (χ2n) is 4.61. The van der Waals surface area contributed by atoms with E-state index in [1.54, 1.807) is 11.9 Å². The van der Waals surface area contributed by atoms with Gasteiger partial charge in [-0.05, 0) is 12.8 Å². The van der Waals surface area contributed by atoms with E-state index in [2.05, 4.69) is 15.6 Å². The summed E-state index contributed by atoms with van der Waals surface area (Å²) in [5.74, 6) is 0.131. The van der Waals surface area contributed by atoms with Crippen LogP contribution < -0.4 is 10.6 Å². The van der Waals surface area contributed by atoms with Crippen molar-refractivity contribution < 1.29 is 9.59 Å². The average molecular weight is 282 g/mol. The lowest BCUT2D eigenvalue weighted by Gasteiger charge is -2.29. The summed E-state index contributed by atoms with van der Waals surface area (Å²) in [7, 11) is 1.75. The third-order valence-corrected chi connectivity index (χ3v) is 3.90. The van der Waals surface area contributed by atoms with Crippen molar-refractivity contribution >= 4 is 28.4 Å². The number of likely N-dealkylation sites (N-methyl/N-ethyl adjacent to an activating group) is 1. The summed E-state index contributed by atoms with van der Waals surface area (Å²) in [6.07, 6.45) is 2.03. The smallest absolute Gasteiger partial charge is 0.321 e. The Morgan fingerprint density at radius 1 is 1.63 bits per heavy atom. The molecule has 0 aliphatic carbocycles. The molecule has 2 N–H and O–H groups in total. The van der Waals surface area contributed by atoms with E-state index in [1.807, 2.05) is 12.3 Å². The summed E-state index contributed by atoms with van der Waals surface area (Å²) in [6, 6.07) is -0.252. The molecule has 7 heteroatoms. The van der Waals surface area contributed by atoms with Crippen LogP contribution in [-0.2, 0) is 11.2 Å². The minimum Gasteiger partial charge on any atom is -0.344 e. The minimum atomic E-state index is -0.259. The maximum absolute atomic E-state index is 11.8. The van der Waals surface area contributed by atoms with E-state index in [0.29, 0.717) is 24.5 Å². The number of thiazole rings is 1. The molecular weight excluding hydrogens is 264 g/mol. The molecule has 3 amide bonds. The highest BCUT2D eigenvalue weighted by Crippen LogP contribution is 2.16. The van der Waals surface area contributed by atoms with E-state index in [4.69, 9.17) is 0 Å². The second-order valence-corrected chi connectivity index (χ2v) is 5.46. The van der Waals surface area contributed by atoms with Gasteiger partial charge in [-0.1, -0.05) is 6.92 Å². The van der Waals surface area contributed by atoms with Crippen LogP contribution in [-0.4, -0.2) is 41.5 Å². The molecule has 0 aromatic carbocycles. The molecule has 2 heterocycles. The normalized spacial score (nSPS) is 19.4. The number of likely N-dealkylation sites (tertiary alicyclic amines) is 1. The highest BCUT2D eigenvalue weighted by atomic mass is 32.1. The number of nitrogens with one attached hydrogen (secondary N) is 2. The lowest BCUT2D eigenvalue weighted by atomic mass is 10.1. The van der Waals surface area contributed by atoms with Gasteiger partial charge in [0.15, 0.2) is 5.13 Å². The summed E-state index contributed by atoms with van der Waals surface area (Å²) >= 11 is 1.42. The van der Waals surface area contributed by atoms with Gasteiger partial charge in [0.1, 0.15) is 0 Å². The van der Waals surface area contributed by atoms with Gasteiger partial charge in [-0.25, -0.2) is 9.78 Å². The first-order chi connectivity index (χ1) is 9.08. The Bertz CT molecular complexity index is 474. The van der Waals surface area contributed by atoms with Crippen LogP contribution >= 0.6 is 11.3 Å². The molecule has 0 spiro atoms. The van der Waals surface area contributed by atoms with Gasteiger partial charge in [-0.2, -0.15) is 0 Å². The fourth-order valence-electron chi connectivity index (χ4n) is 1.98. The Morgan fingerprint density at radius 3 is 3.05 bits per heavy atom. The van der Waals surface area contributed by atoms with E-state index in [0.717, 1.165) is 12.1 Å². The van der Waals surface area contributed by atoms with Gasteiger partial charge >= 0.3 is 6.03 Å². The van der Waals surface area contributed by atoms with E-state index in [9.17, 15) is 9.59 Å². The molecule has 1 aromatic heterocycles. The molecule has 1 aromatic rings. The molecule has 0 bridgehead atoms. The van der Waals surface area contributed by atoms with Gasteiger partial charge in [0.05, 0.1) is 5.69 Å². The first-order valence-corrected chi connectivity index (χ1v) is 7.22. The number of carbonyl (C=O) groups is 2. The molecule has 1 aliphatic heterocycles. The zero-order chi connectivity index (χ0) is 13.8. The first-order valence-electron chi connectivity index (χ1n) is 6.34. The van der Waals surface area contributed by atoms with Crippen molar-refractivity contribution in [2.75, 3.05) is 18.9 Å². The van der Waals surface area contributed by atoms with Gasteiger partial charge in [-0.3, -0.25) is 10.1 Å². The molecule has 19 heavy (non-hydrogen) atoms. The van der Waals surface area contributed by atoms with Gasteiger partial charge in [0.25, 0.3) is 0 Å². The zero-order valence-electron chi connectivity index (χ0n) is 11.1. The highest BCUT2D eigenvalue weighted by Gasteiger charge is 2.24. The van der Waals surface area contributed by atoms with Crippen LogP contribution in [0, 0.1) is 0 Å². The fourth-order valence-corrected chi connectivity index (χ4v) is 2.76. The van der Waals surface area contributed by atoms with Crippen LogP contribution in [0.15, 0.2) is 5.38 Å². The van der Waals surface area contributed by atoms with Gasteiger partial charge in [-0.15, -0.1) is 11.3 Å². The molecule has 1 aliphatic rings. The van der Waals surface area contributed by atoms with E-state index in [1.165, 1.54) is 11.3 Å². The molecule has 0 radical (unpaired) electrons. The summed E-state index contributed by atoms with van der Waals surface area (Å²) in [4.78, 5) is 29.1. The number of piperidine rings is 1. The van der Waals surface area contributed by atoms with Crippen LogP contribution in [0.25, 0.3) is 0 Å². The summed E-state index contributed by atoms with van der Waals surface area (Å²) in [5, 5.41) is 8.13. The Labute approximate surface area is 116 Å². The highest BCUT2D eigenvalue weighted by molar-refractivity contribution is 7.13. The molecule has 6 nitrogen and oxygen atoms in total. The fraction of sp³-hybridized carbons (Fsp3) is 0.583. The van der Waals surface area contributed by atoms with E-state index < -0.39 is 0 Å². The number of amides is 3. The molecule has 0 unspecified atom stereocenters. The SMILES string of the molecule is CCc1csc(NC(=O)N[C@@H]2CCC(=O)N(C)C2)n1. The number of aromatic nitrogens is 1. The number of nitrogens with zero attached hydrogens (tertiary/aromatic N) is 2. The summed E-state index contributed by atoms with van der Waals surface area (Å²) < 4.78 is 0. The predicted octanol–water partition coefficient (Wildman–Crippen LogP) is 1.45. The standard InChI is InChI=1S/C12H18N4O2S/c1-3-8-7-19-12(14-8)15-11(18)13-9-4-5-10(17)16(2)6-9/h7,9H,3-6H2,1-2H3,(H2,13,14,15,18)/t9-/m1/s1. The largest absolute Gasteiger partial charge is 0.344 e. The topological polar surface area (TPSA) is 74.3 Å². The lowest BCUT2D eigenvalue weighted by molar-refractivity contribution is -0.132. The maximum Gasteiger partial charge on any atom is 0.321 e. The molecular formula is C12H18N4O2S. The van der Waals surface area contributed by atoms with Crippen LogP contribution in [0.3, 0.4) is 0 Å². The first kappa shape index (κ1) is 13.8. The monoisotopic (exact) mass is 282 g/mol. The Kier molecular flexibility index (Phi) is 4.36. The third-order valence-electron chi connectivity index (χ3n) is 3.10. The molecule has 1 atom stereocenters. The van der Waals surface area contributed by atoms with Crippen molar-refractivity contribution in [3.63, 3.8) is 0 Å². The third kappa shape index (κ3) is 3.66. The minimum absolute atomic E-state index is 0.00769. The summed E-state index contributed by atoms with van der Waals surface area (Å²) in [5.41, 5.74) is 0.975. The number of hydrogen-bond acceptors (Lipinski definition) is 4. The number of rotatable bonds is 3. The second kappa shape index (κ2) is 6.01. The Balaban J connectivity index is 1.82. The Hall–Kier alpha value is -1.63. The van der Waals surface area contributed by atoms with Crippen LogP contribution in [0.4, 0.5) is 9.93 Å². The molecule has 2 rings (SSSR count). The molecule has 1 fully saturated rings. The zero-order valence-corrected chi connectivity index (χ0v) is 11.9. The average Bonchev–Trinajstić information content (AvgIpc) is 2.81. The van der Waals surface area contributed by atoms with Crippen LogP contribution in [0.1, 0.15) is 25.5 Å². The number of carbonyl (C=O) groups excluding carboxylic acids is 2. The number of hydrogen-bond donors (Lipinski definition) is 2.